The Morgan fingerprint density at radius 2 is 1.74 bits per heavy atom. The van der Waals surface area contributed by atoms with Gasteiger partial charge in [0.2, 0.25) is 11.7 Å². The average Bonchev–Trinajstić information content (AvgIpc) is 3.34. The molecule has 0 aromatic carbocycles. The van der Waals surface area contributed by atoms with Crippen molar-refractivity contribution >= 4 is 28.7 Å². The van der Waals surface area contributed by atoms with Crippen LogP contribution in [0.4, 0.5) is 33.6 Å². The number of halogens is 5. The summed E-state index contributed by atoms with van der Waals surface area (Å²) in [6.07, 6.45) is -1.86. The molecule has 14 heteroatoms. The molecule has 2 aliphatic rings. The molecule has 2 aliphatic heterocycles. The maximum atomic E-state index is 13.4. The van der Waals surface area contributed by atoms with Crippen LogP contribution in [0.1, 0.15) is 30.7 Å². The minimum Gasteiger partial charge on any atom is -0.355 e. The van der Waals surface area contributed by atoms with Gasteiger partial charge < -0.3 is 4.90 Å². The maximum Gasteiger partial charge on any atom is 0.451 e. The van der Waals surface area contributed by atoms with Gasteiger partial charge in [-0.25, -0.2) is 33.4 Å². The number of nitrogens with zero attached hydrogens (tertiary/aromatic N) is 8. The van der Waals surface area contributed by atoms with Gasteiger partial charge in [-0.1, -0.05) is 0 Å². The van der Waals surface area contributed by atoms with Crippen molar-refractivity contribution in [2.24, 2.45) is 5.41 Å². The van der Waals surface area contributed by atoms with Crippen molar-refractivity contribution in [3.63, 3.8) is 0 Å². The van der Waals surface area contributed by atoms with E-state index >= 15 is 0 Å². The Bertz CT molecular complexity index is 1270. The highest BCUT2D eigenvalue weighted by Gasteiger charge is 2.49. The van der Waals surface area contributed by atoms with Crippen LogP contribution in [0, 0.1) is 12.3 Å². The molecular formula is C21H21F5N8O. The monoisotopic (exact) mass is 496 g/mol. The summed E-state index contributed by atoms with van der Waals surface area (Å²) in [7, 11) is 0. The lowest BCUT2D eigenvalue weighted by Gasteiger charge is -2.38. The van der Waals surface area contributed by atoms with Crippen LogP contribution in [0.5, 0.6) is 0 Å². The lowest BCUT2D eigenvalue weighted by atomic mass is 9.77. The average molecular weight is 496 g/mol. The highest BCUT2D eigenvalue weighted by molar-refractivity contribution is 5.99. The number of anilines is 2. The molecule has 5 heterocycles. The Balaban J connectivity index is 1.33. The van der Waals surface area contributed by atoms with Gasteiger partial charge in [0.05, 0.1) is 17.8 Å². The minimum atomic E-state index is -4.71. The number of hydrogen-bond acceptors (Lipinski definition) is 7. The molecule has 35 heavy (non-hydrogen) atoms. The van der Waals surface area contributed by atoms with Crippen LogP contribution in [0.25, 0.3) is 11.2 Å². The number of piperidine rings is 1. The minimum absolute atomic E-state index is 0.0137. The van der Waals surface area contributed by atoms with Crippen molar-refractivity contribution in [1.29, 1.82) is 0 Å². The second-order valence-electron chi connectivity index (χ2n) is 8.83. The van der Waals surface area contributed by atoms with Crippen molar-refractivity contribution < 1.29 is 26.7 Å². The SMILES string of the molecule is Cc1cnc(C(F)(F)F)nc1N1CCC2(CCN(c3cnc4cnn(CC(F)F)c4n3)CC2)C1=O. The first-order valence-electron chi connectivity index (χ1n) is 11.0. The zero-order valence-corrected chi connectivity index (χ0v) is 18.6. The molecule has 2 saturated heterocycles. The Labute approximate surface area is 196 Å². The number of carbonyl (C=O) groups excluding carboxylic acids is 1. The molecular weight excluding hydrogens is 475 g/mol. The third kappa shape index (κ3) is 4.14. The quantitative estimate of drug-likeness (QED) is 0.512. The molecule has 2 fully saturated rings. The zero-order valence-electron chi connectivity index (χ0n) is 18.6. The van der Waals surface area contributed by atoms with E-state index in [2.05, 4.69) is 25.0 Å². The lowest BCUT2D eigenvalue weighted by molar-refractivity contribution is -0.145. The van der Waals surface area contributed by atoms with Gasteiger partial charge in [0.25, 0.3) is 6.43 Å². The molecule has 0 N–H and O–H groups in total. The molecule has 186 valence electrons. The summed E-state index contributed by atoms with van der Waals surface area (Å²) in [6.45, 7) is 2.17. The van der Waals surface area contributed by atoms with Crippen LogP contribution in [-0.2, 0) is 17.5 Å². The van der Waals surface area contributed by atoms with E-state index in [9.17, 15) is 26.7 Å². The first-order valence-corrected chi connectivity index (χ1v) is 11.0. The summed E-state index contributed by atoms with van der Waals surface area (Å²) in [5.74, 6) is -1.04. The number of rotatable bonds is 4. The van der Waals surface area contributed by atoms with E-state index in [0.29, 0.717) is 49.2 Å². The normalized spacial score (nSPS) is 18.4. The molecule has 1 amide bonds. The fraction of sp³-hybridized carbons (Fsp3) is 0.524. The summed E-state index contributed by atoms with van der Waals surface area (Å²) in [5, 5.41) is 3.92. The number of amides is 1. The van der Waals surface area contributed by atoms with E-state index in [1.54, 1.807) is 13.1 Å². The predicted octanol–water partition coefficient (Wildman–Crippen LogP) is 3.23. The van der Waals surface area contributed by atoms with Crippen molar-refractivity contribution in [2.75, 3.05) is 29.4 Å². The predicted molar refractivity (Wildman–Crippen MR) is 114 cm³/mol. The summed E-state index contributed by atoms with van der Waals surface area (Å²) in [6, 6.07) is 0. The maximum absolute atomic E-state index is 13.4. The molecule has 3 aromatic heterocycles. The molecule has 0 radical (unpaired) electrons. The number of aryl methyl sites for hydroxylation is 1. The second-order valence-corrected chi connectivity index (χ2v) is 8.83. The molecule has 0 atom stereocenters. The standard InChI is InChI=1S/C21H21F5N8O/c1-12-8-28-18(21(24,25)26)31-16(12)33-7-4-20(19(33)35)2-5-32(6-3-20)15-10-27-13-9-29-34(11-14(22)23)17(13)30-15/h8-10,14H,2-7,11H2,1H3. The van der Waals surface area contributed by atoms with Crippen LogP contribution in [-0.4, -0.2) is 61.7 Å². The topological polar surface area (TPSA) is 92.9 Å². The largest absolute Gasteiger partial charge is 0.451 e. The van der Waals surface area contributed by atoms with Gasteiger partial charge in [0.1, 0.15) is 23.7 Å². The smallest absolute Gasteiger partial charge is 0.355 e. The van der Waals surface area contributed by atoms with E-state index in [4.69, 9.17) is 0 Å². The van der Waals surface area contributed by atoms with Gasteiger partial charge >= 0.3 is 6.18 Å². The van der Waals surface area contributed by atoms with E-state index in [1.807, 2.05) is 4.90 Å². The van der Waals surface area contributed by atoms with E-state index in [0.717, 1.165) is 10.9 Å². The van der Waals surface area contributed by atoms with Crippen molar-refractivity contribution in [3.8, 4) is 0 Å². The van der Waals surface area contributed by atoms with Gasteiger partial charge in [0, 0.05) is 31.4 Å². The fourth-order valence-corrected chi connectivity index (χ4v) is 4.75. The second kappa shape index (κ2) is 8.34. The first-order chi connectivity index (χ1) is 16.6. The Kier molecular flexibility index (Phi) is 5.55. The first kappa shape index (κ1) is 23.3. The number of alkyl halides is 5. The molecule has 1 spiro atoms. The molecule has 3 aromatic rings. The third-order valence-corrected chi connectivity index (χ3v) is 6.66. The summed E-state index contributed by atoms with van der Waals surface area (Å²) in [4.78, 5) is 32.4. The lowest BCUT2D eigenvalue weighted by Crippen LogP contribution is -2.45. The van der Waals surface area contributed by atoms with Crippen LogP contribution in [0.15, 0.2) is 18.6 Å². The van der Waals surface area contributed by atoms with E-state index < -0.39 is 30.4 Å². The molecule has 0 saturated carbocycles. The fourth-order valence-electron chi connectivity index (χ4n) is 4.75. The van der Waals surface area contributed by atoms with Gasteiger partial charge in [-0.3, -0.25) is 9.69 Å². The summed E-state index contributed by atoms with van der Waals surface area (Å²) in [5.41, 5.74) is 0.347. The van der Waals surface area contributed by atoms with Gasteiger partial charge in [-0.2, -0.15) is 18.3 Å². The number of aromatic nitrogens is 6. The zero-order chi connectivity index (χ0) is 25.0. The third-order valence-electron chi connectivity index (χ3n) is 6.66. The number of hydrogen-bond donors (Lipinski definition) is 0. The highest BCUT2D eigenvalue weighted by Crippen LogP contribution is 2.44. The number of carbonyl (C=O) groups is 1. The molecule has 5 rings (SSSR count). The van der Waals surface area contributed by atoms with Gasteiger partial charge in [0.15, 0.2) is 5.65 Å². The van der Waals surface area contributed by atoms with Crippen LogP contribution < -0.4 is 9.80 Å². The van der Waals surface area contributed by atoms with Crippen LogP contribution >= 0.6 is 0 Å². The Hall–Kier alpha value is -3.45. The number of fused-ring (bicyclic) bond motifs is 1. The Morgan fingerprint density at radius 1 is 1.03 bits per heavy atom. The van der Waals surface area contributed by atoms with E-state index in [1.165, 1.54) is 11.1 Å². The highest BCUT2D eigenvalue weighted by atomic mass is 19.4. The molecule has 9 nitrogen and oxygen atoms in total. The van der Waals surface area contributed by atoms with Gasteiger partial charge in [-0.15, -0.1) is 0 Å². The van der Waals surface area contributed by atoms with E-state index in [-0.39, 0.29) is 23.9 Å². The van der Waals surface area contributed by atoms with Crippen molar-refractivity contribution in [3.05, 3.63) is 30.0 Å². The molecule has 0 aliphatic carbocycles. The van der Waals surface area contributed by atoms with Crippen molar-refractivity contribution in [2.45, 2.75) is 45.3 Å². The molecule has 0 bridgehead atoms. The van der Waals surface area contributed by atoms with Crippen molar-refractivity contribution in [1.82, 2.24) is 29.7 Å². The molecule has 0 unspecified atom stereocenters. The summed E-state index contributed by atoms with van der Waals surface area (Å²) < 4.78 is 66.1. The summed E-state index contributed by atoms with van der Waals surface area (Å²) >= 11 is 0. The Morgan fingerprint density at radius 3 is 2.43 bits per heavy atom. The van der Waals surface area contributed by atoms with Crippen LogP contribution in [0.2, 0.25) is 0 Å². The van der Waals surface area contributed by atoms with Gasteiger partial charge in [-0.05, 0) is 26.2 Å². The van der Waals surface area contributed by atoms with Crippen LogP contribution in [0.3, 0.4) is 0 Å².